The van der Waals surface area contributed by atoms with Crippen molar-refractivity contribution in [2.75, 3.05) is 12.4 Å². The minimum Gasteiger partial charge on any atom is -0.590 e. The SMILES string of the molecule is COc1cccc(C=N[N-]C(=[SH+])Nc2ccccc2)c1[OH2+].[Zn+2]. The number of methoxy groups -OCH3 is 1. The van der Waals surface area contributed by atoms with Crippen LogP contribution in [0.5, 0.6) is 11.5 Å². The minimum absolute atomic E-state index is 0. The van der Waals surface area contributed by atoms with Crippen LogP contribution in [-0.4, -0.2) is 23.5 Å². The molecule has 22 heavy (non-hydrogen) atoms. The minimum atomic E-state index is 0. The zero-order chi connectivity index (χ0) is 15.1. The van der Waals surface area contributed by atoms with E-state index in [4.69, 9.17) is 9.84 Å². The number of hydrogen-bond donors (Lipinski definition) is 1. The summed E-state index contributed by atoms with van der Waals surface area (Å²) in [5, 5.41) is 15.2. The third-order valence-corrected chi connectivity index (χ3v) is 2.86. The van der Waals surface area contributed by atoms with Gasteiger partial charge >= 0.3 is 25.2 Å². The van der Waals surface area contributed by atoms with Crippen molar-refractivity contribution in [1.29, 1.82) is 0 Å². The van der Waals surface area contributed by atoms with Crippen LogP contribution in [-0.2, 0) is 31.7 Å². The van der Waals surface area contributed by atoms with Crippen molar-refractivity contribution in [3.05, 3.63) is 59.5 Å². The van der Waals surface area contributed by atoms with Crippen molar-refractivity contribution in [3.63, 3.8) is 0 Å². The van der Waals surface area contributed by atoms with Gasteiger partial charge in [0.1, 0.15) is 0 Å². The van der Waals surface area contributed by atoms with Crippen molar-refractivity contribution in [3.8, 4) is 11.5 Å². The van der Waals surface area contributed by atoms with Gasteiger partial charge in [-0.3, -0.25) is 0 Å². The molecule has 0 bridgehead atoms. The molecule has 0 aliphatic carbocycles. The molecule has 0 saturated carbocycles. The van der Waals surface area contributed by atoms with Gasteiger partial charge in [-0.1, -0.05) is 24.3 Å². The van der Waals surface area contributed by atoms with Gasteiger partial charge < -0.3 is 25.7 Å². The summed E-state index contributed by atoms with van der Waals surface area (Å²) in [5.41, 5.74) is 5.43. The van der Waals surface area contributed by atoms with E-state index in [1.54, 1.807) is 18.2 Å². The molecule has 0 saturated heterocycles. The van der Waals surface area contributed by atoms with Gasteiger partial charge in [0.2, 0.25) is 10.9 Å². The number of nitrogens with one attached hydrogen (secondary N) is 1. The molecule has 0 heterocycles. The topological polar surface area (TPSA) is 70.6 Å². The first-order valence-electron chi connectivity index (χ1n) is 6.21. The molecule has 0 spiro atoms. The number of rotatable bonds is 4. The van der Waals surface area contributed by atoms with Gasteiger partial charge in [0.25, 0.3) is 0 Å². The van der Waals surface area contributed by atoms with E-state index in [0.717, 1.165) is 5.69 Å². The number of benzene rings is 2. The van der Waals surface area contributed by atoms with Crippen LogP contribution in [0.1, 0.15) is 5.56 Å². The fourth-order valence-corrected chi connectivity index (χ4v) is 1.83. The summed E-state index contributed by atoms with van der Waals surface area (Å²) in [4.78, 5) is 0. The maximum absolute atomic E-state index is 7.91. The zero-order valence-electron chi connectivity index (χ0n) is 12.2. The van der Waals surface area contributed by atoms with Crippen molar-refractivity contribution in [2.45, 2.75) is 0 Å². The predicted octanol–water partition coefficient (Wildman–Crippen LogP) is 2.32. The van der Waals surface area contributed by atoms with Crippen LogP contribution < -0.4 is 10.1 Å². The second-order valence-corrected chi connectivity index (χ2v) is 4.51. The number of nitrogens with zero attached hydrogens (tertiary/aromatic N) is 2. The second kappa shape index (κ2) is 9.12. The molecule has 2 aromatic rings. The second-order valence-electron chi connectivity index (χ2n) is 4.08. The first kappa shape index (κ1) is 18.1. The van der Waals surface area contributed by atoms with E-state index < -0.39 is 0 Å². The monoisotopic (exact) mass is 366 g/mol. The molecule has 0 aliphatic heterocycles. The third-order valence-electron chi connectivity index (χ3n) is 2.66. The van der Waals surface area contributed by atoms with Gasteiger partial charge in [-0.25, -0.2) is 0 Å². The summed E-state index contributed by atoms with van der Waals surface area (Å²) in [7, 11) is 1.53. The molecule has 0 amide bonds. The van der Waals surface area contributed by atoms with Crippen molar-refractivity contribution < 1.29 is 29.3 Å². The Bertz CT molecular complexity index is 650. The first-order valence-corrected chi connectivity index (χ1v) is 6.66. The molecule has 0 unspecified atom stereocenters. The quantitative estimate of drug-likeness (QED) is 0.225. The van der Waals surface area contributed by atoms with Gasteiger partial charge in [0, 0.05) is 11.9 Å². The molecular formula is C15H16N3O2SZn+3. The molecular weight excluding hydrogens is 352 g/mol. The van der Waals surface area contributed by atoms with Crippen LogP contribution in [0.3, 0.4) is 0 Å². The van der Waals surface area contributed by atoms with Crippen molar-refractivity contribution >= 4 is 29.2 Å². The predicted molar refractivity (Wildman–Crippen MR) is 90.8 cm³/mol. The van der Waals surface area contributed by atoms with Gasteiger partial charge in [-0.15, -0.1) is 0 Å². The van der Waals surface area contributed by atoms with E-state index >= 15 is 0 Å². The summed E-state index contributed by atoms with van der Waals surface area (Å²) < 4.78 is 5.08. The smallest absolute Gasteiger partial charge is 0.590 e. The average Bonchev–Trinajstić information content (AvgIpc) is 2.50. The Kier molecular flexibility index (Phi) is 7.50. The zero-order valence-corrected chi connectivity index (χ0v) is 16.0. The standard InChI is InChI=1S/C15H15N3O2S.Zn/c1-20-13-9-5-6-11(14(13)19)10-16-18-15(21)17-12-7-3-2-4-8-12;/h2-10H,1H3,(H3,16,17,18,19,21);/q;+2/p+1. The molecule has 2 rings (SSSR count). The van der Waals surface area contributed by atoms with Gasteiger partial charge in [0.15, 0.2) is 12.2 Å². The van der Waals surface area contributed by atoms with Crippen LogP contribution in [0.4, 0.5) is 5.69 Å². The number of hydrogen-bond acceptors (Lipinski definition) is 2. The Morgan fingerprint density at radius 2 is 1.95 bits per heavy atom. The molecule has 0 radical (unpaired) electrons. The molecule has 7 heteroatoms. The first-order chi connectivity index (χ1) is 10.2. The fourth-order valence-electron chi connectivity index (χ4n) is 1.65. The molecule has 2 aromatic carbocycles. The van der Waals surface area contributed by atoms with Gasteiger partial charge in [-0.05, 0) is 24.3 Å². The van der Waals surface area contributed by atoms with Crippen LogP contribution in [0.15, 0.2) is 53.6 Å². The summed E-state index contributed by atoms with van der Waals surface area (Å²) in [6.07, 6.45) is 1.49. The van der Waals surface area contributed by atoms with E-state index in [1.165, 1.54) is 13.3 Å². The van der Waals surface area contributed by atoms with E-state index in [9.17, 15) is 0 Å². The maximum atomic E-state index is 7.91. The van der Waals surface area contributed by atoms with Crippen molar-refractivity contribution in [1.82, 2.24) is 0 Å². The summed E-state index contributed by atoms with van der Waals surface area (Å²) in [6.45, 7) is 0. The van der Waals surface area contributed by atoms with Crippen LogP contribution in [0.25, 0.3) is 5.43 Å². The normalized spacial score (nSPS) is 9.86. The molecule has 108 valence electrons. The summed E-state index contributed by atoms with van der Waals surface area (Å²) in [6, 6.07) is 14.9. The molecule has 5 nitrogen and oxygen atoms in total. The van der Waals surface area contributed by atoms with Crippen LogP contribution in [0.2, 0.25) is 0 Å². The maximum Gasteiger partial charge on any atom is 2.00 e. The summed E-state index contributed by atoms with van der Waals surface area (Å²) >= 11 is 4.21. The largest absolute Gasteiger partial charge is 2.00 e. The van der Waals surface area contributed by atoms with E-state index in [-0.39, 0.29) is 25.2 Å². The number of anilines is 1. The van der Waals surface area contributed by atoms with Crippen molar-refractivity contribution in [2.24, 2.45) is 5.10 Å². The molecule has 3 N–H and O–H groups in total. The molecule has 0 atom stereocenters. The number of thiol groups is 1. The van der Waals surface area contributed by atoms with Crippen LogP contribution >= 0.6 is 0 Å². The third kappa shape index (κ3) is 5.09. The Morgan fingerprint density at radius 3 is 2.64 bits per heavy atom. The Morgan fingerprint density at radius 1 is 1.23 bits per heavy atom. The summed E-state index contributed by atoms with van der Waals surface area (Å²) in [5.74, 6) is 0.770. The molecule has 0 aliphatic rings. The molecule has 0 aromatic heterocycles. The number of ether oxygens (including phenoxy) is 1. The average molecular weight is 368 g/mol. The van der Waals surface area contributed by atoms with E-state index in [1.807, 2.05) is 30.3 Å². The Labute approximate surface area is 147 Å². The van der Waals surface area contributed by atoms with E-state index in [2.05, 4.69) is 28.1 Å². The van der Waals surface area contributed by atoms with E-state index in [0.29, 0.717) is 16.4 Å². The van der Waals surface area contributed by atoms with Gasteiger partial charge in [0.05, 0.1) is 12.7 Å². The van der Waals surface area contributed by atoms with Crippen LogP contribution in [0, 0.1) is 0 Å². The van der Waals surface area contributed by atoms with Gasteiger partial charge in [-0.2, -0.15) is 0 Å². The Hall–Kier alpha value is -1.98. The molecule has 0 fully saturated rings. The fraction of sp³-hybridized carbons (Fsp3) is 0.0667. The number of para-hydroxylation sites is 2. The Balaban J connectivity index is 0.00000242.